The first-order valence-corrected chi connectivity index (χ1v) is 14.0. The first-order valence-electron chi connectivity index (χ1n) is 14.0. The van der Waals surface area contributed by atoms with Gasteiger partial charge < -0.3 is 26.5 Å². The van der Waals surface area contributed by atoms with Gasteiger partial charge in [0.05, 0.1) is 13.1 Å². The van der Waals surface area contributed by atoms with E-state index in [1.165, 1.54) is 6.08 Å². The molecule has 1 aromatic carbocycles. The predicted molar refractivity (Wildman–Crippen MR) is 182 cm³/mol. The molecule has 2 atom stereocenters. The summed E-state index contributed by atoms with van der Waals surface area (Å²) in [4.78, 5) is 19.0. The van der Waals surface area contributed by atoms with Crippen LogP contribution in [-0.4, -0.2) is 60.9 Å². The van der Waals surface area contributed by atoms with Crippen LogP contribution in [0.5, 0.6) is 0 Å². The smallest absolute Gasteiger partial charge is 0.257 e. The van der Waals surface area contributed by atoms with Gasteiger partial charge >= 0.3 is 0 Å². The maximum absolute atomic E-state index is 12.5. The number of aliphatic imine (C=N–C) groups is 1. The van der Waals surface area contributed by atoms with Crippen LogP contribution in [0.15, 0.2) is 88.7 Å². The summed E-state index contributed by atoms with van der Waals surface area (Å²) in [6.45, 7) is 21.4. The molecule has 9 heteroatoms. The van der Waals surface area contributed by atoms with E-state index in [2.05, 4.69) is 34.1 Å². The zero-order valence-corrected chi connectivity index (χ0v) is 27.0. The largest absolute Gasteiger partial charge is 0.398 e. The third kappa shape index (κ3) is 16.2. The number of carbonyl (C=O) groups is 1. The van der Waals surface area contributed by atoms with Crippen molar-refractivity contribution in [3.8, 4) is 0 Å². The molecule has 1 unspecified atom stereocenters. The number of aliphatic hydroxyl groups excluding tert-OH is 1. The molecule has 1 aromatic rings. The zero-order chi connectivity index (χ0) is 32.7. The number of benzene rings is 1. The van der Waals surface area contributed by atoms with E-state index in [-0.39, 0.29) is 5.92 Å². The number of amides is 1. The summed E-state index contributed by atoms with van der Waals surface area (Å²) in [5.74, 6) is -0.251. The lowest BCUT2D eigenvalue weighted by atomic mass is 9.94. The number of carbonyl (C=O) groups excluding carboxylic acids is 1. The second-order valence-electron chi connectivity index (χ2n) is 9.20. The highest BCUT2D eigenvalue weighted by Crippen LogP contribution is 2.20. The fourth-order valence-electron chi connectivity index (χ4n) is 3.27. The summed E-state index contributed by atoms with van der Waals surface area (Å²) in [5.41, 5.74) is 12.1. The lowest BCUT2D eigenvalue weighted by Crippen LogP contribution is -2.34. The molecule has 0 heterocycles. The Bertz CT molecular complexity index is 1140. The third-order valence-electron chi connectivity index (χ3n) is 5.42. The molecule has 9 nitrogen and oxygen atoms in total. The summed E-state index contributed by atoms with van der Waals surface area (Å²) in [6.07, 6.45) is 11.0. The first kappa shape index (κ1) is 40.1. The van der Waals surface area contributed by atoms with Crippen molar-refractivity contribution in [1.82, 2.24) is 15.6 Å². The number of aliphatic hydroxyl groups is 1. The maximum Gasteiger partial charge on any atom is 0.257 e. The monoisotopic (exact) mass is 579 g/mol. The Kier molecular flexibility index (Phi) is 22.5. The molecule has 42 heavy (non-hydrogen) atoms. The van der Waals surface area contributed by atoms with Crippen LogP contribution in [0.3, 0.4) is 0 Å². The molecule has 0 spiro atoms. The van der Waals surface area contributed by atoms with Crippen LogP contribution in [0.25, 0.3) is 0 Å². The van der Waals surface area contributed by atoms with Gasteiger partial charge in [0.25, 0.3) is 5.91 Å². The lowest BCUT2D eigenvalue weighted by molar-refractivity contribution is -0.126. The molecule has 0 bridgehead atoms. The van der Waals surface area contributed by atoms with Crippen LogP contribution in [0, 0.1) is 11.3 Å². The molecule has 0 saturated heterocycles. The van der Waals surface area contributed by atoms with Gasteiger partial charge in [-0.25, -0.2) is 0 Å². The Morgan fingerprint density at radius 1 is 1.19 bits per heavy atom. The second kappa shape index (κ2) is 23.6. The summed E-state index contributed by atoms with van der Waals surface area (Å²) < 4.78 is 0. The SMILES string of the molecule is C/C=C\C.C=C/C(=C\C=C/C)[C@@H](O)C(=O)N/C(C)=C/C(C)C(=N)c1cc(CN=C(CN(C)C)NN=C)ccc1N.CC. The average Bonchev–Trinajstić information content (AvgIpc) is 2.97. The standard InChI is InChI=1S/C27H39N7O2.C4H8.C2H6/c1-8-10-11-21(9-2)26(35)27(36)32-19(4)14-18(3)25(29)22-15-20(12-13-23(22)28)16-31-24(33-30-5)17-34(6)7;1-3-4-2;1-2/h8-15,18,26,29,35H,2,5,16-17,28H2,1,3-4,6-7H3,(H,31,33)(H,32,36);3-4H,1-2H3;1-2H3/b10-8-,19-14+,21-11+,29-25?;4-3-;/t18?,26-;;/m1../s1. The van der Waals surface area contributed by atoms with Gasteiger partial charge in [-0.2, -0.15) is 5.10 Å². The summed E-state index contributed by atoms with van der Waals surface area (Å²) in [6, 6.07) is 5.48. The average molecular weight is 580 g/mol. The van der Waals surface area contributed by atoms with Crippen molar-refractivity contribution in [2.75, 3.05) is 26.4 Å². The number of nitrogen functional groups attached to an aromatic ring is 1. The highest BCUT2D eigenvalue weighted by atomic mass is 16.3. The number of anilines is 1. The molecule has 0 aliphatic heterocycles. The summed E-state index contributed by atoms with van der Waals surface area (Å²) in [7, 11) is 3.86. The number of nitrogens with two attached hydrogens (primary N) is 1. The van der Waals surface area contributed by atoms with Crippen molar-refractivity contribution >= 4 is 29.9 Å². The van der Waals surface area contributed by atoms with Gasteiger partial charge in [-0.15, -0.1) is 0 Å². The molecule has 0 radical (unpaired) electrons. The fraction of sp³-hybridized carbons (Fsp3) is 0.394. The van der Waals surface area contributed by atoms with Gasteiger partial charge in [0.15, 0.2) is 6.10 Å². The van der Waals surface area contributed by atoms with E-state index in [1.807, 2.05) is 84.8 Å². The molecule has 0 aromatic heterocycles. The number of hydrogen-bond donors (Lipinski definition) is 5. The van der Waals surface area contributed by atoms with E-state index in [9.17, 15) is 9.90 Å². The fourth-order valence-corrected chi connectivity index (χ4v) is 3.27. The van der Waals surface area contributed by atoms with Gasteiger partial charge in [0.2, 0.25) is 0 Å². The van der Waals surface area contributed by atoms with Crippen molar-refractivity contribution in [3.63, 3.8) is 0 Å². The molecule has 232 valence electrons. The highest BCUT2D eigenvalue weighted by molar-refractivity contribution is 6.05. The van der Waals surface area contributed by atoms with Gasteiger partial charge in [-0.3, -0.25) is 15.2 Å². The maximum atomic E-state index is 12.5. The number of rotatable bonds is 13. The summed E-state index contributed by atoms with van der Waals surface area (Å²) in [5, 5.41) is 25.4. The Hall–Kier alpha value is -4.08. The minimum absolute atomic E-state index is 0.298. The molecule has 1 amide bonds. The number of hydrazone groups is 1. The topological polar surface area (TPSA) is 139 Å². The van der Waals surface area contributed by atoms with Crippen LogP contribution in [-0.2, 0) is 11.3 Å². The molecule has 0 fully saturated rings. The number of amidine groups is 1. The Morgan fingerprint density at radius 2 is 1.81 bits per heavy atom. The molecule has 6 N–H and O–H groups in total. The van der Waals surface area contributed by atoms with Crippen molar-refractivity contribution in [3.05, 3.63) is 89.7 Å². The minimum Gasteiger partial charge on any atom is -0.398 e. The number of hydrogen-bond acceptors (Lipinski definition) is 7. The van der Waals surface area contributed by atoms with Crippen molar-refractivity contribution in [2.24, 2.45) is 16.0 Å². The highest BCUT2D eigenvalue weighted by Gasteiger charge is 2.19. The van der Waals surface area contributed by atoms with Gasteiger partial charge in [-0.05, 0) is 65.1 Å². The molecule has 0 aliphatic carbocycles. The summed E-state index contributed by atoms with van der Waals surface area (Å²) >= 11 is 0. The Labute approximate surface area is 253 Å². The van der Waals surface area contributed by atoms with E-state index in [0.29, 0.717) is 47.2 Å². The van der Waals surface area contributed by atoms with Crippen LogP contribution in [0.4, 0.5) is 5.69 Å². The van der Waals surface area contributed by atoms with E-state index in [4.69, 9.17) is 11.1 Å². The van der Waals surface area contributed by atoms with E-state index >= 15 is 0 Å². The van der Waals surface area contributed by atoms with E-state index in [0.717, 1.165) is 5.56 Å². The molecule has 1 rings (SSSR count). The molecular weight excluding hydrogens is 526 g/mol. The minimum atomic E-state index is -1.35. The number of likely N-dealkylation sites (N-methyl/N-ethyl adjacent to an activating group) is 1. The normalized spacial score (nSPS) is 13.5. The van der Waals surface area contributed by atoms with Crippen molar-refractivity contribution in [2.45, 2.75) is 61.1 Å². The number of nitrogens with zero attached hydrogens (tertiary/aromatic N) is 3. The predicted octanol–water partition coefficient (Wildman–Crippen LogP) is 5.62. The molecule has 0 saturated carbocycles. The quantitative estimate of drug-likeness (QED) is 0.0516. The lowest BCUT2D eigenvalue weighted by Gasteiger charge is -2.16. The van der Waals surface area contributed by atoms with Crippen LogP contribution in [0.1, 0.15) is 59.6 Å². The Morgan fingerprint density at radius 3 is 2.31 bits per heavy atom. The van der Waals surface area contributed by atoms with Crippen LogP contribution >= 0.6 is 0 Å². The number of allylic oxidation sites excluding steroid dienone is 7. The van der Waals surface area contributed by atoms with Gasteiger partial charge in [0.1, 0.15) is 5.84 Å². The second-order valence-corrected chi connectivity index (χ2v) is 9.20. The molecular formula is C33H53N7O2. The van der Waals surface area contributed by atoms with Gasteiger partial charge in [-0.1, -0.05) is 75.9 Å². The van der Waals surface area contributed by atoms with Crippen molar-refractivity contribution < 1.29 is 9.90 Å². The number of nitrogens with one attached hydrogen (secondary N) is 3. The van der Waals surface area contributed by atoms with E-state index in [1.54, 1.807) is 37.3 Å². The Balaban J connectivity index is 0. The molecule has 0 aliphatic rings. The van der Waals surface area contributed by atoms with Crippen LogP contribution in [0.2, 0.25) is 0 Å². The zero-order valence-electron chi connectivity index (χ0n) is 27.0. The van der Waals surface area contributed by atoms with Crippen LogP contribution < -0.4 is 16.5 Å². The third-order valence-corrected chi connectivity index (χ3v) is 5.42. The van der Waals surface area contributed by atoms with Gasteiger partial charge in [0, 0.05) is 35.3 Å². The van der Waals surface area contributed by atoms with Crippen molar-refractivity contribution in [1.29, 1.82) is 5.41 Å². The van der Waals surface area contributed by atoms with E-state index < -0.39 is 12.0 Å². The first-order chi connectivity index (χ1) is 19.9.